The Bertz CT molecular complexity index is 718. The SMILES string of the molecule is O=C(/C=C/c1cccc(/C=C/C(=O)c2ccccc2)c1)NO. The van der Waals surface area contributed by atoms with E-state index in [0.29, 0.717) is 5.56 Å². The number of amides is 1. The summed E-state index contributed by atoms with van der Waals surface area (Å²) in [6, 6.07) is 16.4. The Hall–Kier alpha value is -2.98. The highest BCUT2D eigenvalue weighted by Crippen LogP contribution is 2.10. The number of carbonyl (C=O) groups is 2. The molecule has 2 N–H and O–H groups in total. The van der Waals surface area contributed by atoms with E-state index >= 15 is 0 Å². The molecule has 2 aromatic rings. The molecular weight excluding hydrogens is 278 g/mol. The third-order valence-corrected chi connectivity index (χ3v) is 2.93. The van der Waals surface area contributed by atoms with E-state index < -0.39 is 5.91 Å². The van der Waals surface area contributed by atoms with E-state index in [-0.39, 0.29) is 5.78 Å². The van der Waals surface area contributed by atoms with Crippen molar-refractivity contribution in [3.8, 4) is 0 Å². The van der Waals surface area contributed by atoms with E-state index in [1.807, 2.05) is 42.5 Å². The van der Waals surface area contributed by atoms with Gasteiger partial charge in [-0.15, -0.1) is 0 Å². The molecule has 4 nitrogen and oxygen atoms in total. The fourth-order valence-corrected chi connectivity index (χ4v) is 1.85. The van der Waals surface area contributed by atoms with Crippen LogP contribution in [-0.2, 0) is 4.79 Å². The molecule has 0 fully saturated rings. The van der Waals surface area contributed by atoms with Gasteiger partial charge in [0.1, 0.15) is 0 Å². The molecule has 0 spiro atoms. The minimum atomic E-state index is -0.597. The predicted octanol–water partition coefficient (Wildman–Crippen LogP) is 3.10. The highest BCUT2D eigenvalue weighted by molar-refractivity contribution is 6.06. The molecule has 0 heterocycles. The molecule has 0 bridgehead atoms. The first-order chi connectivity index (χ1) is 10.7. The van der Waals surface area contributed by atoms with E-state index in [4.69, 9.17) is 5.21 Å². The van der Waals surface area contributed by atoms with Crippen molar-refractivity contribution in [1.82, 2.24) is 5.48 Å². The summed E-state index contributed by atoms with van der Waals surface area (Å²) in [6.07, 6.45) is 6.03. The zero-order valence-electron chi connectivity index (χ0n) is 11.8. The Balaban J connectivity index is 2.10. The lowest BCUT2D eigenvalue weighted by atomic mass is 10.1. The van der Waals surface area contributed by atoms with Crippen molar-refractivity contribution in [2.24, 2.45) is 0 Å². The van der Waals surface area contributed by atoms with Gasteiger partial charge in [0.25, 0.3) is 5.91 Å². The normalized spacial score (nSPS) is 11.0. The van der Waals surface area contributed by atoms with Crippen LogP contribution in [0.1, 0.15) is 21.5 Å². The molecule has 0 aliphatic heterocycles. The van der Waals surface area contributed by atoms with E-state index in [0.717, 1.165) is 11.1 Å². The maximum atomic E-state index is 12.0. The van der Waals surface area contributed by atoms with Gasteiger partial charge in [0.15, 0.2) is 5.78 Å². The summed E-state index contributed by atoms with van der Waals surface area (Å²) in [6.45, 7) is 0. The standard InChI is InChI=1S/C18H15NO3/c20-17(16-7-2-1-3-8-16)11-9-14-5-4-6-15(13-14)10-12-18(21)19-22/h1-13,22H,(H,19,21)/b11-9+,12-10+. The van der Waals surface area contributed by atoms with Crippen molar-refractivity contribution < 1.29 is 14.8 Å². The average Bonchev–Trinajstić information content (AvgIpc) is 2.58. The van der Waals surface area contributed by atoms with Crippen LogP contribution in [0.4, 0.5) is 0 Å². The molecule has 0 aromatic heterocycles. The zero-order chi connectivity index (χ0) is 15.8. The number of benzene rings is 2. The molecule has 2 rings (SSSR count). The first-order valence-electron chi connectivity index (χ1n) is 6.69. The Kier molecular flexibility index (Phi) is 5.40. The monoisotopic (exact) mass is 293 g/mol. The lowest BCUT2D eigenvalue weighted by Crippen LogP contribution is -2.14. The van der Waals surface area contributed by atoms with Crippen LogP contribution in [0.3, 0.4) is 0 Å². The van der Waals surface area contributed by atoms with Gasteiger partial charge in [0.2, 0.25) is 0 Å². The van der Waals surface area contributed by atoms with Gasteiger partial charge in [-0.1, -0.05) is 54.6 Å². The number of carbonyl (C=O) groups excluding carboxylic acids is 2. The van der Waals surface area contributed by atoms with Crippen LogP contribution in [0, 0.1) is 0 Å². The fourth-order valence-electron chi connectivity index (χ4n) is 1.85. The van der Waals surface area contributed by atoms with E-state index in [2.05, 4.69) is 0 Å². The molecule has 0 aliphatic carbocycles. The van der Waals surface area contributed by atoms with Crippen molar-refractivity contribution in [1.29, 1.82) is 0 Å². The summed E-state index contributed by atoms with van der Waals surface area (Å²) in [5, 5.41) is 8.42. The number of allylic oxidation sites excluding steroid dienone is 1. The molecule has 2 aromatic carbocycles. The van der Waals surface area contributed by atoms with Gasteiger partial charge in [-0.25, -0.2) is 5.48 Å². The number of ketones is 1. The van der Waals surface area contributed by atoms with Gasteiger partial charge < -0.3 is 0 Å². The summed E-state index contributed by atoms with van der Waals surface area (Å²) < 4.78 is 0. The van der Waals surface area contributed by atoms with Crippen LogP contribution >= 0.6 is 0 Å². The third-order valence-electron chi connectivity index (χ3n) is 2.93. The van der Waals surface area contributed by atoms with Gasteiger partial charge in [-0.2, -0.15) is 0 Å². The lowest BCUT2D eigenvalue weighted by Gasteiger charge is -1.98. The molecule has 0 radical (unpaired) electrons. The minimum Gasteiger partial charge on any atom is -0.289 e. The maximum Gasteiger partial charge on any atom is 0.267 e. The average molecular weight is 293 g/mol. The number of rotatable bonds is 5. The van der Waals surface area contributed by atoms with Crippen molar-refractivity contribution >= 4 is 23.8 Å². The van der Waals surface area contributed by atoms with Crippen LogP contribution in [0.2, 0.25) is 0 Å². The van der Waals surface area contributed by atoms with E-state index in [9.17, 15) is 9.59 Å². The first-order valence-corrected chi connectivity index (χ1v) is 6.69. The second-order valence-electron chi connectivity index (χ2n) is 4.54. The first kappa shape index (κ1) is 15.4. The molecule has 4 heteroatoms. The van der Waals surface area contributed by atoms with E-state index in [1.54, 1.807) is 24.3 Å². The van der Waals surface area contributed by atoms with Gasteiger partial charge in [0, 0.05) is 11.6 Å². The van der Waals surface area contributed by atoms with Crippen LogP contribution in [-0.4, -0.2) is 16.9 Å². The summed E-state index contributed by atoms with van der Waals surface area (Å²) >= 11 is 0. The molecular formula is C18H15NO3. The summed E-state index contributed by atoms with van der Waals surface area (Å²) in [7, 11) is 0. The number of hydrogen-bond donors (Lipinski definition) is 2. The van der Waals surface area contributed by atoms with Crippen LogP contribution in [0.15, 0.2) is 66.7 Å². The van der Waals surface area contributed by atoms with Gasteiger partial charge >= 0.3 is 0 Å². The smallest absolute Gasteiger partial charge is 0.267 e. The highest BCUT2D eigenvalue weighted by atomic mass is 16.5. The molecule has 0 saturated heterocycles. The highest BCUT2D eigenvalue weighted by Gasteiger charge is 1.99. The summed E-state index contributed by atoms with van der Waals surface area (Å²) in [5.74, 6) is -0.665. The van der Waals surface area contributed by atoms with Crippen LogP contribution in [0.25, 0.3) is 12.2 Å². The molecule has 110 valence electrons. The Labute approximate surface area is 128 Å². The van der Waals surface area contributed by atoms with Crippen molar-refractivity contribution in [3.63, 3.8) is 0 Å². The van der Waals surface area contributed by atoms with Crippen LogP contribution in [0.5, 0.6) is 0 Å². The quantitative estimate of drug-likeness (QED) is 0.385. The van der Waals surface area contributed by atoms with Gasteiger partial charge in [-0.05, 0) is 29.3 Å². The lowest BCUT2D eigenvalue weighted by molar-refractivity contribution is -0.124. The maximum absolute atomic E-state index is 12.0. The fraction of sp³-hybridized carbons (Fsp3) is 0. The molecule has 0 atom stereocenters. The second kappa shape index (κ2) is 7.71. The largest absolute Gasteiger partial charge is 0.289 e. The van der Waals surface area contributed by atoms with Gasteiger partial charge in [-0.3, -0.25) is 14.8 Å². The van der Waals surface area contributed by atoms with Crippen LogP contribution < -0.4 is 5.48 Å². The summed E-state index contributed by atoms with van der Waals surface area (Å²) in [4.78, 5) is 22.9. The second-order valence-corrected chi connectivity index (χ2v) is 4.54. The zero-order valence-corrected chi connectivity index (χ0v) is 11.8. The Morgan fingerprint density at radius 2 is 1.50 bits per heavy atom. The Morgan fingerprint density at radius 1 is 0.864 bits per heavy atom. The van der Waals surface area contributed by atoms with E-state index in [1.165, 1.54) is 17.6 Å². The van der Waals surface area contributed by atoms with Gasteiger partial charge in [0.05, 0.1) is 0 Å². The molecule has 1 amide bonds. The molecule has 22 heavy (non-hydrogen) atoms. The number of hydrogen-bond acceptors (Lipinski definition) is 3. The van der Waals surface area contributed by atoms with Crippen molar-refractivity contribution in [2.45, 2.75) is 0 Å². The topological polar surface area (TPSA) is 66.4 Å². The molecule has 0 unspecified atom stereocenters. The summed E-state index contributed by atoms with van der Waals surface area (Å²) in [5.41, 5.74) is 3.79. The number of hydroxylamine groups is 1. The third kappa shape index (κ3) is 4.54. The molecule has 0 aliphatic rings. The molecule has 0 saturated carbocycles. The predicted molar refractivity (Wildman–Crippen MR) is 85.2 cm³/mol. The van der Waals surface area contributed by atoms with Crippen molar-refractivity contribution in [3.05, 3.63) is 83.4 Å². The van der Waals surface area contributed by atoms with Crippen molar-refractivity contribution in [2.75, 3.05) is 0 Å². The number of nitrogens with one attached hydrogen (secondary N) is 1. The minimum absolute atomic E-state index is 0.0683. The Morgan fingerprint density at radius 3 is 2.14 bits per heavy atom.